The van der Waals surface area contributed by atoms with E-state index in [0.29, 0.717) is 0 Å². The molecular formula is C17H12ClFN2O2. The Kier molecular flexibility index (Phi) is 4.12. The average molecular weight is 331 g/mol. The summed E-state index contributed by atoms with van der Waals surface area (Å²) in [6, 6.07) is 13.3. The van der Waals surface area contributed by atoms with Crippen molar-refractivity contribution in [1.82, 2.24) is 9.40 Å². The first-order valence-corrected chi connectivity index (χ1v) is 7.23. The van der Waals surface area contributed by atoms with Crippen LogP contribution in [0.5, 0.6) is 0 Å². The number of pyridine rings is 1. The highest BCUT2D eigenvalue weighted by atomic mass is 35.5. The smallest absolute Gasteiger partial charge is 0.274 e. The zero-order chi connectivity index (χ0) is 16.4. The lowest BCUT2D eigenvalue weighted by molar-refractivity contribution is 0.0856. The van der Waals surface area contributed by atoms with Gasteiger partial charge in [0.25, 0.3) is 5.91 Å². The van der Waals surface area contributed by atoms with E-state index >= 15 is 0 Å². The van der Waals surface area contributed by atoms with E-state index < -0.39 is 17.2 Å². The molecular weight excluding hydrogens is 319 g/mol. The van der Waals surface area contributed by atoms with Gasteiger partial charge >= 0.3 is 0 Å². The number of fused-ring (bicyclic) bond motifs is 1. The van der Waals surface area contributed by atoms with Crippen LogP contribution in [-0.2, 0) is 6.54 Å². The molecule has 0 radical (unpaired) electrons. The Morgan fingerprint density at radius 3 is 2.61 bits per heavy atom. The van der Waals surface area contributed by atoms with Crippen molar-refractivity contribution < 1.29 is 9.18 Å². The van der Waals surface area contributed by atoms with Crippen molar-refractivity contribution in [3.05, 3.63) is 81.9 Å². The summed E-state index contributed by atoms with van der Waals surface area (Å²) in [6.45, 7) is 0.155. The predicted molar refractivity (Wildman–Crippen MR) is 86.7 cm³/mol. The van der Waals surface area contributed by atoms with Gasteiger partial charge in [0.2, 0.25) is 5.43 Å². The Hall–Kier alpha value is -2.66. The molecule has 0 unspecified atom stereocenters. The molecule has 4 nitrogen and oxygen atoms in total. The summed E-state index contributed by atoms with van der Waals surface area (Å²) in [5, 5.41) is 0.112. The zero-order valence-corrected chi connectivity index (χ0v) is 12.7. The minimum Gasteiger partial charge on any atom is -0.358 e. The lowest BCUT2D eigenvalue weighted by Crippen LogP contribution is -2.27. The van der Waals surface area contributed by atoms with Gasteiger partial charge in [-0.25, -0.2) is 8.81 Å². The third-order valence-corrected chi connectivity index (χ3v) is 3.75. The summed E-state index contributed by atoms with van der Waals surface area (Å²) in [4.78, 5) is 27.4. The molecule has 23 heavy (non-hydrogen) atoms. The average Bonchev–Trinajstić information content (AvgIpc) is 2.56. The first-order chi connectivity index (χ1) is 11.1. The van der Waals surface area contributed by atoms with Crippen LogP contribution in [0.1, 0.15) is 15.9 Å². The van der Waals surface area contributed by atoms with Gasteiger partial charge in [0, 0.05) is 23.4 Å². The number of carbonyl (C=O) groups is 1. The number of aromatic amines is 1. The quantitative estimate of drug-likeness (QED) is 0.748. The van der Waals surface area contributed by atoms with Crippen LogP contribution in [0, 0.1) is 5.82 Å². The van der Waals surface area contributed by atoms with E-state index in [4.69, 9.17) is 11.8 Å². The molecule has 6 heteroatoms. The number of halogens is 2. The number of aromatic nitrogens is 1. The van der Waals surface area contributed by atoms with Gasteiger partial charge in [-0.2, -0.15) is 0 Å². The van der Waals surface area contributed by atoms with E-state index in [0.717, 1.165) is 9.98 Å². The topological polar surface area (TPSA) is 53.2 Å². The van der Waals surface area contributed by atoms with Crippen LogP contribution in [0.25, 0.3) is 10.9 Å². The number of amides is 1. The van der Waals surface area contributed by atoms with E-state index in [1.54, 1.807) is 0 Å². The maximum absolute atomic E-state index is 13.7. The Morgan fingerprint density at radius 2 is 1.87 bits per heavy atom. The molecule has 1 amide bonds. The van der Waals surface area contributed by atoms with Crippen LogP contribution in [0.4, 0.5) is 4.39 Å². The molecule has 1 heterocycles. The second-order valence-electron chi connectivity index (χ2n) is 5.00. The molecule has 0 fully saturated rings. The number of nitrogens with one attached hydrogen (secondary N) is 1. The lowest BCUT2D eigenvalue weighted by atomic mass is 10.1. The Morgan fingerprint density at radius 1 is 1.13 bits per heavy atom. The number of hydrogen-bond acceptors (Lipinski definition) is 2. The highest BCUT2D eigenvalue weighted by molar-refractivity contribution is 6.24. The van der Waals surface area contributed by atoms with Crippen molar-refractivity contribution in [2.75, 3.05) is 0 Å². The van der Waals surface area contributed by atoms with Gasteiger partial charge in [-0.3, -0.25) is 9.59 Å². The Balaban J connectivity index is 1.95. The third kappa shape index (κ3) is 2.96. The number of benzene rings is 2. The SMILES string of the molecule is O=C(c1c[nH]c2c(F)cccc2c1=O)N(Cl)Cc1ccccc1. The van der Waals surface area contributed by atoms with E-state index in [1.807, 2.05) is 30.3 Å². The third-order valence-electron chi connectivity index (χ3n) is 3.48. The number of para-hydroxylation sites is 1. The van der Waals surface area contributed by atoms with E-state index in [-0.39, 0.29) is 23.0 Å². The number of carbonyl (C=O) groups excluding carboxylic acids is 1. The molecule has 1 N–H and O–H groups in total. The van der Waals surface area contributed by atoms with Gasteiger partial charge in [-0.1, -0.05) is 36.4 Å². The van der Waals surface area contributed by atoms with Crippen LogP contribution in [0.2, 0.25) is 0 Å². The number of hydrogen-bond donors (Lipinski definition) is 1. The molecule has 0 aliphatic heterocycles. The van der Waals surface area contributed by atoms with Crippen LogP contribution in [0.3, 0.4) is 0 Å². The maximum atomic E-state index is 13.7. The number of rotatable bonds is 3. The summed E-state index contributed by atoms with van der Waals surface area (Å²) in [6.07, 6.45) is 1.19. The van der Waals surface area contributed by atoms with E-state index in [1.165, 1.54) is 24.4 Å². The molecule has 0 spiro atoms. The van der Waals surface area contributed by atoms with Gasteiger partial charge in [-0.05, 0) is 17.7 Å². The molecule has 0 saturated heterocycles. The van der Waals surface area contributed by atoms with E-state index in [9.17, 15) is 14.0 Å². The highest BCUT2D eigenvalue weighted by Gasteiger charge is 2.19. The van der Waals surface area contributed by atoms with Crippen molar-refractivity contribution in [3.63, 3.8) is 0 Å². The molecule has 3 rings (SSSR count). The van der Waals surface area contributed by atoms with Crippen LogP contribution in [-0.4, -0.2) is 15.3 Å². The molecule has 0 aliphatic rings. The molecule has 2 aromatic carbocycles. The molecule has 1 aromatic heterocycles. The van der Waals surface area contributed by atoms with Crippen molar-refractivity contribution in [2.24, 2.45) is 0 Å². The van der Waals surface area contributed by atoms with Gasteiger partial charge in [-0.15, -0.1) is 0 Å². The largest absolute Gasteiger partial charge is 0.358 e. The Bertz CT molecular complexity index is 925. The van der Waals surface area contributed by atoms with Gasteiger partial charge in [0.1, 0.15) is 11.4 Å². The minimum atomic E-state index is -0.636. The van der Waals surface area contributed by atoms with Crippen molar-refractivity contribution in [1.29, 1.82) is 0 Å². The number of nitrogens with zero attached hydrogens (tertiary/aromatic N) is 1. The summed E-state index contributed by atoms with van der Waals surface area (Å²) in [5.74, 6) is -1.19. The van der Waals surface area contributed by atoms with Gasteiger partial charge < -0.3 is 4.98 Å². The molecule has 0 aliphatic carbocycles. The van der Waals surface area contributed by atoms with Crippen LogP contribution in [0.15, 0.2) is 59.5 Å². The molecule has 116 valence electrons. The van der Waals surface area contributed by atoms with Crippen LogP contribution >= 0.6 is 11.8 Å². The summed E-state index contributed by atoms with van der Waals surface area (Å²) in [5.41, 5.74) is 0.216. The van der Waals surface area contributed by atoms with Gasteiger partial charge in [0.05, 0.1) is 12.1 Å². The van der Waals surface area contributed by atoms with Crippen molar-refractivity contribution in [2.45, 2.75) is 6.54 Å². The van der Waals surface area contributed by atoms with Gasteiger partial charge in [0.15, 0.2) is 0 Å². The normalized spacial score (nSPS) is 10.7. The molecule has 0 bridgehead atoms. The zero-order valence-electron chi connectivity index (χ0n) is 11.9. The standard InChI is InChI=1S/C17H12ClFN2O2/c18-21(10-11-5-2-1-3-6-11)17(23)13-9-20-15-12(16(13)22)7-4-8-14(15)19/h1-9H,10H2,(H,20,22). The second-order valence-corrected chi connectivity index (χ2v) is 5.41. The summed E-state index contributed by atoms with van der Waals surface area (Å²) in [7, 11) is 0. The maximum Gasteiger partial charge on any atom is 0.274 e. The fourth-order valence-corrected chi connectivity index (χ4v) is 2.55. The predicted octanol–water partition coefficient (Wildman–Crippen LogP) is 3.46. The monoisotopic (exact) mass is 330 g/mol. The first kappa shape index (κ1) is 15.2. The fourth-order valence-electron chi connectivity index (χ4n) is 2.32. The lowest BCUT2D eigenvalue weighted by Gasteiger charge is -2.14. The summed E-state index contributed by atoms with van der Waals surface area (Å²) < 4.78 is 14.6. The van der Waals surface area contributed by atoms with Crippen molar-refractivity contribution >= 4 is 28.6 Å². The first-order valence-electron chi connectivity index (χ1n) is 6.89. The molecule has 0 saturated carbocycles. The van der Waals surface area contributed by atoms with Crippen molar-refractivity contribution in [3.8, 4) is 0 Å². The molecule has 0 atom stereocenters. The fraction of sp³-hybridized carbons (Fsp3) is 0.0588. The Labute approximate surface area is 136 Å². The van der Waals surface area contributed by atoms with Crippen LogP contribution < -0.4 is 5.43 Å². The highest BCUT2D eigenvalue weighted by Crippen LogP contribution is 2.15. The number of H-pyrrole nitrogens is 1. The second kappa shape index (κ2) is 6.22. The molecule has 3 aromatic rings. The minimum absolute atomic E-state index is 0.0678. The summed E-state index contributed by atoms with van der Waals surface area (Å²) >= 11 is 6.01. The van der Waals surface area contributed by atoms with E-state index in [2.05, 4.69) is 4.98 Å².